The normalized spacial score (nSPS) is 10.9. The van der Waals surface area contributed by atoms with Gasteiger partial charge in [0, 0.05) is 0 Å². The highest BCUT2D eigenvalue weighted by Gasteiger charge is 2.08. The Morgan fingerprint density at radius 3 is 2.50 bits per heavy atom. The molecule has 0 unspecified atom stereocenters. The number of esters is 1. The molecule has 0 heterocycles. The Hall–Kier alpha value is -1.31. The van der Waals surface area contributed by atoms with E-state index in [1.54, 1.807) is 0 Å². The molecule has 1 aromatic carbocycles. The van der Waals surface area contributed by atoms with Crippen molar-refractivity contribution in [2.45, 2.75) is 46.1 Å². The monoisotopic (exact) mass is 220 g/mol. The Kier molecular flexibility index (Phi) is 4.53. The molecule has 2 nitrogen and oxygen atoms in total. The number of ether oxygens (including phenoxy) is 1. The lowest BCUT2D eigenvalue weighted by Gasteiger charge is -2.10. The molecule has 1 aromatic rings. The summed E-state index contributed by atoms with van der Waals surface area (Å²) in [7, 11) is 0. The number of carbonyl (C=O) groups excluding carboxylic acids is 1. The van der Waals surface area contributed by atoms with E-state index in [0.29, 0.717) is 12.3 Å². The van der Waals surface area contributed by atoms with E-state index in [9.17, 15) is 4.79 Å². The minimum atomic E-state index is -0.157. The van der Waals surface area contributed by atoms with Crippen molar-refractivity contribution in [1.82, 2.24) is 0 Å². The number of hydrogen-bond donors (Lipinski definition) is 0. The van der Waals surface area contributed by atoms with Gasteiger partial charge in [0.2, 0.25) is 0 Å². The van der Waals surface area contributed by atoms with Crippen LogP contribution in [0.15, 0.2) is 24.3 Å². The molecule has 2 heteroatoms. The third kappa shape index (κ3) is 4.05. The van der Waals surface area contributed by atoms with Gasteiger partial charge in [-0.3, -0.25) is 4.79 Å². The zero-order valence-electron chi connectivity index (χ0n) is 10.5. The van der Waals surface area contributed by atoms with Crippen molar-refractivity contribution in [3.8, 4) is 0 Å². The second-order valence-electron chi connectivity index (χ2n) is 4.62. The zero-order valence-corrected chi connectivity index (χ0v) is 10.5. The molecule has 88 valence electrons. The minimum Gasteiger partial charge on any atom is -0.463 e. The van der Waals surface area contributed by atoms with Crippen LogP contribution in [0.4, 0.5) is 0 Å². The van der Waals surface area contributed by atoms with Gasteiger partial charge >= 0.3 is 5.97 Å². The van der Waals surface area contributed by atoms with Gasteiger partial charge in [-0.05, 0) is 30.9 Å². The summed E-state index contributed by atoms with van der Waals surface area (Å²) in [6, 6.07) is 8.12. The summed E-state index contributed by atoms with van der Waals surface area (Å²) in [5.74, 6) is 0.331. The molecule has 0 radical (unpaired) electrons. The molecule has 0 amide bonds. The smallest absolute Gasteiger partial charge is 0.310 e. The van der Waals surface area contributed by atoms with Gasteiger partial charge in [0.15, 0.2) is 0 Å². The first-order valence-corrected chi connectivity index (χ1v) is 5.77. The lowest BCUT2D eigenvalue weighted by Crippen LogP contribution is -2.13. The molecule has 0 aliphatic rings. The Bertz CT molecular complexity index is 354. The second-order valence-corrected chi connectivity index (χ2v) is 4.62. The minimum absolute atomic E-state index is 0.0409. The number of hydrogen-bond acceptors (Lipinski definition) is 2. The molecule has 0 aliphatic carbocycles. The average Bonchev–Trinajstić information content (AvgIpc) is 2.16. The summed E-state index contributed by atoms with van der Waals surface area (Å²) in [5.41, 5.74) is 2.28. The van der Waals surface area contributed by atoms with Crippen LogP contribution in [0.2, 0.25) is 0 Å². The van der Waals surface area contributed by atoms with Gasteiger partial charge in [-0.2, -0.15) is 0 Å². The molecule has 0 saturated heterocycles. The summed E-state index contributed by atoms with van der Waals surface area (Å²) in [5, 5.41) is 0. The molecule has 0 spiro atoms. The van der Waals surface area contributed by atoms with Gasteiger partial charge in [-0.25, -0.2) is 0 Å². The van der Waals surface area contributed by atoms with E-state index < -0.39 is 0 Å². The number of carbonyl (C=O) groups is 1. The lowest BCUT2D eigenvalue weighted by atomic mass is 10.00. The topological polar surface area (TPSA) is 26.3 Å². The molecule has 0 N–H and O–H groups in total. The van der Waals surface area contributed by atoms with E-state index in [2.05, 4.69) is 26.0 Å². The largest absolute Gasteiger partial charge is 0.463 e. The molecule has 0 fully saturated rings. The van der Waals surface area contributed by atoms with Crippen molar-refractivity contribution in [3.05, 3.63) is 35.4 Å². The maximum absolute atomic E-state index is 11.5. The average molecular weight is 220 g/mol. The Balaban J connectivity index is 2.67. The standard InChI is InChI=1S/C14H20O2/c1-10(2)13-7-5-6-12(8-13)9-14(15)16-11(3)4/h5-8,10-11H,9H2,1-4H3. The van der Waals surface area contributed by atoms with Gasteiger partial charge < -0.3 is 4.74 Å². The Morgan fingerprint density at radius 2 is 1.94 bits per heavy atom. The fourth-order valence-corrected chi connectivity index (χ4v) is 1.53. The van der Waals surface area contributed by atoms with E-state index in [0.717, 1.165) is 5.56 Å². The van der Waals surface area contributed by atoms with Gasteiger partial charge in [0.05, 0.1) is 12.5 Å². The van der Waals surface area contributed by atoms with Gasteiger partial charge in [-0.15, -0.1) is 0 Å². The Morgan fingerprint density at radius 1 is 1.25 bits per heavy atom. The third-order valence-corrected chi connectivity index (χ3v) is 2.33. The van der Waals surface area contributed by atoms with Gasteiger partial charge in [0.1, 0.15) is 0 Å². The molecule has 0 atom stereocenters. The van der Waals surface area contributed by atoms with Crippen LogP contribution >= 0.6 is 0 Å². The summed E-state index contributed by atoms with van der Waals surface area (Å²) in [4.78, 5) is 11.5. The van der Waals surface area contributed by atoms with E-state index >= 15 is 0 Å². The van der Waals surface area contributed by atoms with Crippen molar-refractivity contribution in [2.75, 3.05) is 0 Å². The van der Waals surface area contributed by atoms with Crippen LogP contribution in [0.25, 0.3) is 0 Å². The first kappa shape index (κ1) is 12.8. The summed E-state index contributed by atoms with van der Waals surface area (Å²) in [6.45, 7) is 8.02. The first-order valence-electron chi connectivity index (χ1n) is 5.77. The van der Waals surface area contributed by atoms with Crippen LogP contribution in [0.1, 0.15) is 44.7 Å². The molecule has 0 aliphatic heterocycles. The summed E-state index contributed by atoms with van der Waals surface area (Å²) in [6.07, 6.45) is 0.319. The Labute approximate surface area is 97.6 Å². The van der Waals surface area contributed by atoms with Crippen LogP contribution in [-0.2, 0) is 16.0 Å². The van der Waals surface area contributed by atoms with E-state index in [-0.39, 0.29) is 12.1 Å². The second kappa shape index (κ2) is 5.69. The predicted molar refractivity (Wildman–Crippen MR) is 65.5 cm³/mol. The highest BCUT2D eigenvalue weighted by molar-refractivity contribution is 5.72. The maximum atomic E-state index is 11.5. The molecule has 1 rings (SSSR count). The molecule has 0 saturated carbocycles. The van der Waals surface area contributed by atoms with Crippen LogP contribution < -0.4 is 0 Å². The molecular formula is C14H20O2. The lowest BCUT2D eigenvalue weighted by molar-refractivity contribution is -0.146. The number of rotatable bonds is 4. The predicted octanol–water partition coefficient (Wildman–Crippen LogP) is 3.30. The van der Waals surface area contributed by atoms with Crippen molar-refractivity contribution in [3.63, 3.8) is 0 Å². The first-order chi connectivity index (χ1) is 7.49. The summed E-state index contributed by atoms with van der Waals surface area (Å²) < 4.78 is 5.12. The molecule has 16 heavy (non-hydrogen) atoms. The highest BCUT2D eigenvalue weighted by Crippen LogP contribution is 2.16. The van der Waals surface area contributed by atoms with Crippen LogP contribution in [0.3, 0.4) is 0 Å². The van der Waals surface area contributed by atoms with Crippen molar-refractivity contribution in [1.29, 1.82) is 0 Å². The molecule has 0 aromatic heterocycles. The quantitative estimate of drug-likeness (QED) is 0.728. The van der Waals surface area contributed by atoms with Gasteiger partial charge in [-0.1, -0.05) is 38.1 Å². The van der Waals surface area contributed by atoms with E-state index in [1.807, 2.05) is 26.0 Å². The zero-order chi connectivity index (χ0) is 12.1. The molecular weight excluding hydrogens is 200 g/mol. The highest BCUT2D eigenvalue weighted by atomic mass is 16.5. The van der Waals surface area contributed by atoms with Crippen LogP contribution in [0.5, 0.6) is 0 Å². The van der Waals surface area contributed by atoms with Gasteiger partial charge in [0.25, 0.3) is 0 Å². The fraction of sp³-hybridized carbons (Fsp3) is 0.500. The van der Waals surface area contributed by atoms with Crippen LogP contribution in [-0.4, -0.2) is 12.1 Å². The molecule has 0 bridgehead atoms. The fourth-order valence-electron chi connectivity index (χ4n) is 1.53. The van der Waals surface area contributed by atoms with Crippen LogP contribution in [0, 0.1) is 0 Å². The third-order valence-electron chi connectivity index (χ3n) is 2.33. The SMILES string of the molecule is CC(C)OC(=O)Cc1cccc(C(C)C)c1. The van der Waals surface area contributed by atoms with E-state index in [1.165, 1.54) is 5.56 Å². The van der Waals surface area contributed by atoms with E-state index in [4.69, 9.17) is 4.74 Å². The number of benzene rings is 1. The van der Waals surface area contributed by atoms with Crippen molar-refractivity contribution < 1.29 is 9.53 Å². The summed E-state index contributed by atoms with van der Waals surface area (Å²) >= 11 is 0. The van der Waals surface area contributed by atoms with Crippen molar-refractivity contribution in [2.24, 2.45) is 0 Å². The van der Waals surface area contributed by atoms with Crippen molar-refractivity contribution >= 4 is 5.97 Å². The maximum Gasteiger partial charge on any atom is 0.310 e.